The monoisotopic (exact) mass is 288 g/mol. The third-order valence-corrected chi connectivity index (χ3v) is 7.65. The predicted molar refractivity (Wildman–Crippen MR) is 85.7 cm³/mol. The molecule has 6 atom stereocenters. The van der Waals surface area contributed by atoms with Crippen LogP contribution in [0, 0.1) is 17.3 Å². The molecule has 1 heteroatoms. The fourth-order valence-electron chi connectivity index (χ4n) is 7.18. The normalized spacial score (nSPS) is 48.1. The van der Waals surface area contributed by atoms with Gasteiger partial charge in [0, 0.05) is 22.7 Å². The van der Waals surface area contributed by atoms with Crippen molar-refractivity contribution in [1.82, 2.24) is 0 Å². The summed E-state index contributed by atoms with van der Waals surface area (Å²) in [5.41, 5.74) is 3.93. The molecular formula is C21H20O. The molecule has 110 valence electrons. The maximum atomic E-state index is 6.00. The zero-order valence-electron chi connectivity index (χ0n) is 13.0. The van der Waals surface area contributed by atoms with E-state index in [2.05, 4.69) is 74.5 Å². The zero-order valence-corrected chi connectivity index (χ0v) is 13.0. The number of hydrogen-bond acceptors (Lipinski definition) is 1. The van der Waals surface area contributed by atoms with Gasteiger partial charge in [-0.05, 0) is 16.5 Å². The van der Waals surface area contributed by atoms with Crippen molar-refractivity contribution in [3.63, 3.8) is 0 Å². The van der Waals surface area contributed by atoms with E-state index in [0.717, 1.165) is 11.8 Å². The Balaban J connectivity index is 1.63. The van der Waals surface area contributed by atoms with E-state index in [1.54, 1.807) is 0 Å². The van der Waals surface area contributed by atoms with Crippen molar-refractivity contribution in [3.8, 4) is 0 Å². The number of rotatable bonds is 2. The highest BCUT2D eigenvalue weighted by atomic mass is 16.6. The molecule has 22 heavy (non-hydrogen) atoms. The van der Waals surface area contributed by atoms with Gasteiger partial charge in [-0.1, -0.05) is 74.5 Å². The van der Waals surface area contributed by atoms with E-state index in [1.807, 2.05) is 0 Å². The van der Waals surface area contributed by atoms with Crippen LogP contribution in [0.5, 0.6) is 0 Å². The topological polar surface area (TPSA) is 12.5 Å². The summed E-state index contributed by atoms with van der Waals surface area (Å²) in [6.07, 6.45) is 1.09. The van der Waals surface area contributed by atoms with Crippen LogP contribution in [-0.2, 0) is 15.6 Å². The minimum Gasteiger partial charge on any atom is -0.369 e. The van der Waals surface area contributed by atoms with Gasteiger partial charge < -0.3 is 4.74 Å². The lowest BCUT2D eigenvalue weighted by molar-refractivity contribution is 0.0287. The first-order valence-corrected chi connectivity index (χ1v) is 8.45. The molecular weight excluding hydrogens is 268 g/mol. The molecule has 6 rings (SSSR count). The molecule has 0 N–H and O–H groups in total. The van der Waals surface area contributed by atoms with E-state index < -0.39 is 0 Å². The summed E-state index contributed by atoms with van der Waals surface area (Å²) in [5.74, 6) is 1.46. The first kappa shape index (κ1) is 11.9. The van der Waals surface area contributed by atoms with Crippen molar-refractivity contribution in [3.05, 3.63) is 71.8 Å². The smallest absolute Gasteiger partial charge is 0.0886 e. The van der Waals surface area contributed by atoms with Crippen molar-refractivity contribution in [1.29, 1.82) is 0 Å². The second-order valence-corrected chi connectivity index (χ2v) is 8.09. The number of epoxide rings is 1. The van der Waals surface area contributed by atoms with Crippen molar-refractivity contribution >= 4 is 0 Å². The minimum absolute atomic E-state index is 0.283. The van der Waals surface area contributed by atoms with Gasteiger partial charge in [0.15, 0.2) is 0 Å². The maximum Gasteiger partial charge on any atom is 0.0886 e. The summed E-state index contributed by atoms with van der Waals surface area (Å²) >= 11 is 0. The van der Waals surface area contributed by atoms with E-state index >= 15 is 0 Å². The summed E-state index contributed by atoms with van der Waals surface area (Å²) in [7, 11) is 0. The van der Waals surface area contributed by atoms with Gasteiger partial charge >= 0.3 is 0 Å². The average Bonchev–Trinajstić information content (AvgIpc) is 3.31. The van der Waals surface area contributed by atoms with Crippen molar-refractivity contribution < 1.29 is 4.74 Å². The molecule has 1 saturated heterocycles. The van der Waals surface area contributed by atoms with Gasteiger partial charge in [-0.2, -0.15) is 0 Å². The van der Waals surface area contributed by atoms with Gasteiger partial charge in [0.25, 0.3) is 0 Å². The van der Waals surface area contributed by atoms with Crippen LogP contribution in [0.4, 0.5) is 0 Å². The van der Waals surface area contributed by atoms with E-state index in [0.29, 0.717) is 17.6 Å². The largest absolute Gasteiger partial charge is 0.369 e. The Hall–Kier alpha value is -1.60. The Morgan fingerprint density at radius 1 is 0.682 bits per heavy atom. The van der Waals surface area contributed by atoms with Gasteiger partial charge in [-0.3, -0.25) is 0 Å². The van der Waals surface area contributed by atoms with Gasteiger partial charge in [-0.25, -0.2) is 0 Å². The van der Waals surface area contributed by atoms with E-state index in [-0.39, 0.29) is 10.8 Å². The van der Waals surface area contributed by atoms with Gasteiger partial charge in [-0.15, -0.1) is 0 Å². The van der Waals surface area contributed by atoms with Crippen molar-refractivity contribution in [2.24, 2.45) is 17.3 Å². The Bertz CT molecular complexity index is 715. The van der Waals surface area contributed by atoms with E-state index in [4.69, 9.17) is 4.74 Å². The fourth-order valence-corrected chi connectivity index (χ4v) is 7.18. The van der Waals surface area contributed by atoms with Gasteiger partial charge in [0.2, 0.25) is 0 Å². The number of benzene rings is 2. The summed E-state index contributed by atoms with van der Waals surface area (Å²) in [6, 6.07) is 22.4. The molecule has 2 aromatic rings. The first-order valence-electron chi connectivity index (χ1n) is 8.45. The third-order valence-electron chi connectivity index (χ3n) is 7.65. The Kier molecular flexibility index (Phi) is 1.72. The summed E-state index contributed by atoms with van der Waals surface area (Å²) < 4.78 is 6.00. The minimum atomic E-state index is 0.283. The van der Waals surface area contributed by atoms with Gasteiger partial charge in [0.05, 0.1) is 12.2 Å². The highest BCUT2D eigenvalue weighted by Crippen LogP contribution is 2.98. The Morgan fingerprint density at radius 2 is 1.09 bits per heavy atom. The van der Waals surface area contributed by atoms with Crippen molar-refractivity contribution in [2.75, 3.05) is 0 Å². The molecule has 0 radical (unpaired) electrons. The van der Waals surface area contributed by atoms with Crippen molar-refractivity contribution in [2.45, 2.75) is 36.9 Å². The Morgan fingerprint density at radius 3 is 1.50 bits per heavy atom. The molecule has 0 amide bonds. The van der Waals surface area contributed by atoms with Crippen LogP contribution < -0.4 is 0 Å². The lowest BCUT2D eigenvalue weighted by Gasteiger charge is -2.56. The molecule has 3 saturated carbocycles. The fraction of sp³-hybridized carbons (Fsp3) is 0.429. The van der Waals surface area contributed by atoms with Crippen LogP contribution in [-0.4, -0.2) is 12.2 Å². The second kappa shape index (κ2) is 3.19. The SMILES string of the molecule is CC1(C)[C@]2(c3ccccc3)[C@@H]3[C@@H]4O[C@@H]4[C@@H]3[C@@]12c1ccccc1. The van der Waals surface area contributed by atoms with E-state index in [1.165, 1.54) is 11.1 Å². The maximum absolute atomic E-state index is 6.00. The number of fused-ring (bicyclic) bond motifs is 7. The summed E-state index contributed by atoms with van der Waals surface area (Å²) in [4.78, 5) is 0. The number of hydrogen-bond donors (Lipinski definition) is 0. The molecule has 1 heterocycles. The first-order chi connectivity index (χ1) is 10.7. The number of ether oxygens (including phenoxy) is 1. The highest BCUT2D eigenvalue weighted by molar-refractivity contribution is 5.68. The van der Waals surface area contributed by atoms with Crippen LogP contribution in [0.15, 0.2) is 60.7 Å². The van der Waals surface area contributed by atoms with Crippen LogP contribution in [0.25, 0.3) is 0 Å². The summed E-state index contributed by atoms with van der Waals surface area (Å²) in [5, 5.41) is 0. The molecule has 1 aliphatic heterocycles. The zero-order chi connectivity index (χ0) is 14.7. The molecule has 0 aromatic heterocycles. The van der Waals surface area contributed by atoms with E-state index in [9.17, 15) is 0 Å². The Labute approximate surface area is 131 Å². The molecule has 3 aliphatic carbocycles. The average molecular weight is 288 g/mol. The standard InChI is InChI=1S/C21H20O/c1-19(2)20(13-9-5-3-6-10-13)15-16(18-17(15)22-18)21(19,20)14-11-7-4-8-12-14/h3-12,15-18H,1-2H3/t15-,16+,17-,18+,20-,21-/m0/s1. The molecule has 4 aliphatic rings. The van der Waals surface area contributed by atoms with Crippen LogP contribution in [0.2, 0.25) is 0 Å². The molecule has 0 unspecified atom stereocenters. The van der Waals surface area contributed by atoms with Crippen LogP contribution in [0.3, 0.4) is 0 Å². The quantitative estimate of drug-likeness (QED) is 0.763. The molecule has 0 bridgehead atoms. The highest BCUT2D eigenvalue weighted by Gasteiger charge is 3.03. The lowest BCUT2D eigenvalue weighted by Crippen LogP contribution is -2.63. The van der Waals surface area contributed by atoms with Crippen LogP contribution in [0.1, 0.15) is 25.0 Å². The molecule has 1 nitrogen and oxygen atoms in total. The van der Waals surface area contributed by atoms with Gasteiger partial charge in [0.1, 0.15) is 0 Å². The third kappa shape index (κ3) is 0.841. The summed E-state index contributed by atoms with van der Waals surface area (Å²) in [6.45, 7) is 4.98. The molecule has 4 fully saturated rings. The lowest BCUT2D eigenvalue weighted by atomic mass is 9.44. The predicted octanol–water partition coefficient (Wildman–Crippen LogP) is 3.93. The van der Waals surface area contributed by atoms with Crippen LogP contribution >= 0.6 is 0 Å². The molecule has 2 aromatic carbocycles. The second-order valence-electron chi connectivity index (χ2n) is 8.09. The molecule has 0 spiro atoms.